The number of fused-ring (bicyclic) bond motifs is 1. The smallest absolute Gasteiger partial charge is 0.124 e. The third-order valence-corrected chi connectivity index (χ3v) is 5.16. The van der Waals surface area contributed by atoms with Gasteiger partial charge in [-0.3, -0.25) is 4.90 Å². The maximum Gasteiger partial charge on any atom is 0.124 e. The molecule has 3 rings (SSSR count). The number of benzene rings is 1. The van der Waals surface area contributed by atoms with Crippen molar-refractivity contribution in [2.45, 2.75) is 51.1 Å². The van der Waals surface area contributed by atoms with E-state index < -0.39 is 0 Å². The van der Waals surface area contributed by atoms with E-state index in [0.717, 1.165) is 29.8 Å². The van der Waals surface area contributed by atoms with Gasteiger partial charge in [0, 0.05) is 24.2 Å². The average Bonchev–Trinajstić information content (AvgIpc) is 2.98. The highest BCUT2D eigenvalue weighted by Gasteiger charge is 2.35. The molecule has 0 spiro atoms. The molecule has 0 radical (unpaired) electrons. The number of hydrogen-bond donors (Lipinski definition) is 1. The molecule has 3 atom stereocenters. The number of para-hydroxylation sites is 1. The Hall–Kier alpha value is -1.06. The van der Waals surface area contributed by atoms with Crippen molar-refractivity contribution in [3.8, 4) is 5.75 Å². The first kappa shape index (κ1) is 14.9. The maximum atomic E-state index is 6.52. The Bertz CT molecular complexity index is 462. The van der Waals surface area contributed by atoms with Gasteiger partial charge in [-0.1, -0.05) is 24.6 Å². The van der Waals surface area contributed by atoms with Gasteiger partial charge in [0.2, 0.25) is 0 Å². The van der Waals surface area contributed by atoms with Crippen LogP contribution in [0.15, 0.2) is 24.3 Å². The molecule has 21 heavy (non-hydrogen) atoms. The van der Waals surface area contributed by atoms with Crippen LogP contribution in [0.5, 0.6) is 5.75 Å². The molecule has 0 aromatic heterocycles. The molecule has 1 saturated heterocycles. The Morgan fingerprint density at radius 1 is 1.24 bits per heavy atom. The van der Waals surface area contributed by atoms with Crippen LogP contribution in [0.1, 0.15) is 50.6 Å². The summed E-state index contributed by atoms with van der Waals surface area (Å²) in [4.78, 5) is 2.65. The fourth-order valence-corrected chi connectivity index (χ4v) is 4.21. The van der Waals surface area contributed by atoms with E-state index in [0.29, 0.717) is 6.61 Å². The second-order valence-corrected chi connectivity index (χ2v) is 6.47. The summed E-state index contributed by atoms with van der Waals surface area (Å²) in [6.45, 7) is 4.89. The summed E-state index contributed by atoms with van der Waals surface area (Å²) in [5, 5.41) is 0. The molecule has 2 N–H and O–H groups in total. The quantitative estimate of drug-likeness (QED) is 0.903. The van der Waals surface area contributed by atoms with E-state index in [2.05, 4.69) is 17.0 Å². The van der Waals surface area contributed by atoms with Crippen molar-refractivity contribution in [2.24, 2.45) is 11.7 Å². The lowest BCUT2D eigenvalue weighted by molar-refractivity contribution is 0.106. The van der Waals surface area contributed by atoms with Gasteiger partial charge in [-0.15, -0.1) is 0 Å². The number of nitrogens with two attached hydrogens (primary N) is 1. The second kappa shape index (κ2) is 6.80. The third kappa shape index (κ3) is 3.24. The van der Waals surface area contributed by atoms with Crippen molar-refractivity contribution in [3.63, 3.8) is 0 Å². The molecule has 3 heteroatoms. The van der Waals surface area contributed by atoms with E-state index in [9.17, 15) is 0 Å². The zero-order valence-corrected chi connectivity index (χ0v) is 13.1. The highest BCUT2D eigenvalue weighted by molar-refractivity contribution is 5.36. The van der Waals surface area contributed by atoms with Gasteiger partial charge in [-0.2, -0.15) is 0 Å². The highest BCUT2D eigenvalue weighted by atomic mass is 16.5. The summed E-state index contributed by atoms with van der Waals surface area (Å²) in [5.74, 6) is 1.88. The van der Waals surface area contributed by atoms with Crippen LogP contribution >= 0.6 is 0 Å². The molecule has 3 nitrogen and oxygen atoms in total. The van der Waals surface area contributed by atoms with Crippen molar-refractivity contribution in [3.05, 3.63) is 29.8 Å². The lowest BCUT2D eigenvalue weighted by Gasteiger charge is -2.39. The molecule has 1 heterocycles. The predicted octanol–water partition coefficient (Wildman–Crippen LogP) is 3.35. The molecule has 0 amide bonds. The van der Waals surface area contributed by atoms with Gasteiger partial charge in [0.15, 0.2) is 0 Å². The summed E-state index contributed by atoms with van der Waals surface area (Å²) in [6, 6.07) is 9.07. The van der Waals surface area contributed by atoms with Crippen molar-refractivity contribution in [1.82, 2.24) is 4.90 Å². The first-order chi connectivity index (χ1) is 10.3. The highest BCUT2D eigenvalue weighted by Crippen LogP contribution is 2.37. The topological polar surface area (TPSA) is 38.5 Å². The molecule has 1 aromatic carbocycles. The van der Waals surface area contributed by atoms with E-state index in [-0.39, 0.29) is 6.04 Å². The molecule has 0 bridgehead atoms. The number of likely N-dealkylation sites (tertiary alicyclic amines) is 1. The number of nitrogens with zero attached hydrogens (tertiary/aromatic N) is 1. The minimum absolute atomic E-state index is 0.0482. The summed E-state index contributed by atoms with van der Waals surface area (Å²) in [7, 11) is 0. The molecule has 1 aromatic rings. The molecule has 1 saturated carbocycles. The van der Waals surface area contributed by atoms with Crippen LogP contribution in [0.2, 0.25) is 0 Å². The van der Waals surface area contributed by atoms with Gasteiger partial charge >= 0.3 is 0 Å². The lowest BCUT2D eigenvalue weighted by Crippen LogP contribution is -2.45. The van der Waals surface area contributed by atoms with Crippen molar-refractivity contribution in [1.29, 1.82) is 0 Å². The van der Waals surface area contributed by atoms with Gasteiger partial charge in [0.05, 0.1) is 6.61 Å². The normalized spacial score (nSPS) is 27.3. The van der Waals surface area contributed by atoms with E-state index in [1.54, 1.807) is 0 Å². The minimum atomic E-state index is 0.0482. The summed E-state index contributed by atoms with van der Waals surface area (Å²) in [5.41, 5.74) is 7.67. The number of rotatable bonds is 5. The molecule has 116 valence electrons. The first-order valence-electron chi connectivity index (χ1n) is 8.51. The Kier molecular flexibility index (Phi) is 4.81. The molecule has 1 aliphatic carbocycles. The first-order valence-corrected chi connectivity index (χ1v) is 8.51. The molecule has 2 fully saturated rings. The summed E-state index contributed by atoms with van der Waals surface area (Å²) in [6.07, 6.45) is 6.94. The van der Waals surface area contributed by atoms with Gasteiger partial charge in [-0.05, 0) is 51.1 Å². The fourth-order valence-electron chi connectivity index (χ4n) is 4.21. The zero-order valence-electron chi connectivity index (χ0n) is 13.1. The Labute approximate surface area is 128 Å². The molecular weight excluding hydrogens is 260 g/mol. The van der Waals surface area contributed by atoms with Crippen LogP contribution in [0, 0.1) is 5.92 Å². The summed E-state index contributed by atoms with van der Waals surface area (Å²) < 4.78 is 5.74. The third-order valence-electron chi connectivity index (χ3n) is 5.16. The van der Waals surface area contributed by atoms with Crippen molar-refractivity contribution < 1.29 is 4.74 Å². The van der Waals surface area contributed by atoms with Crippen LogP contribution < -0.4 is 10.5 Å². The van der Waals surface area contributed by atoms with Gasteiger partial charge in [0.25, 0.3) is 0 Å². The number of hydrogen-bond acceptors (Lipinski definition) is 3. The van der Waals surface area contributed by atoms with Crippen LogP contribution in [0.3, 0.4) is 0 Å². The molecule has 3 unspecified atom stereocenters. The lowest BCUT2D eigenvalue weighted by atomic mass is 9.91. The molecular formula is C18H28N2O. The van der Waals surface area contributed by atoms with Crippen LogP contribution in [-0.4, -0.2) is 30.6 Å². The largest absolute Gasteiger partial charge is 0.494 e. The van der Waals surface area contributed by atoms with Gasteiger partial charge in [0.1, 0.15) is 5.75 Å². The van der Waals surface area contributed by atoms with E-state index >= 15 is 0 Å². The standard InChI is InChI=1S/C18H28N2O/c1-2-21-18-11-4-3-9-15(18)16(19)13-20-12-6-8-14-7-5-10-17(14)20/h3-4,9,11,14,16-17H,2,5-8,10,12-13,19H2,1H3. The van der Waals surface area contributed by atoms with Crippen LogP contribution in [0.25, 0.3) is 0 Å². The maximum absolute atomic E-state index is 6.52. The monoisotopic (exact) mass is 288 g/mol. The van der Waals surface area contributed by atoms with Crippen LogP contribution in [-0.2, 0) is 0 Å². The SMILES string of the molecule is CCOc1ccccc1C(N)CN1CCCC2CCCC21. The Morgan fingerprint density at radius 2 is 2.05 bits per heavy atom. The zero-order chi connectivity index (χ0) is 14.7. The van der Waals surface area contributed by atoms with E-state index in [4.69, 9.17) is 10.5 Å². The average molecular weight is 288 g/mol. The van der Waals surface area contributed by atoms with Crippen molar-refractivity contribution in [2.75, 3.05) is 19.7 Å². The van der Waals surface area contributed by atoms with E-state index in [1.807, 2.05) is 19.1 Å². The Balaban J connectivity index is 1.69. The fraction of sp³-hybridized carbons (Fsp3) is 0.667. The van der Waals surface area contributed by atoms with E-state index in [1.165, 1.54) is 38.6 Å². The minimum Gasteiger partial charge on any atom is -0.494 e. The summed E-state index contributed by atoms with van der Waals surface area (Å²) >= 11 is 0. The molecule has 2 aliphatic rings. The second-order valence-electron chi connectivity index (χ2n) is 6.47. The predicted molar refractivity (Wildman–Crippen MR) is 86.5 cm³/mol. The van der Waals surface area contributed by atoms with Crippen LogP contribution in [0.4, 0.5) is 0 Å². The Morgan fingerprint density at radius 3 is 2.90 bits per heavy atom. The van der Waals surface area contributed by atoms with Gasteiger partial charge < -0.3 is 10.5 Å². The van der Waals surface area contributed by atoms with Crippen molar-refractivity contribution >= 4 is 0 Å². The number of piperidine rings is 1. The number of ether oxygens (including phenoxy) is 1. The molecule has 1 aliphatic heterocycles. The van der Waals surface area contributed by atoms with Gasteiger partial charge in [-0.25, -0.2) is 0 Å².